The fourth-order valence-corrected chi connectivity index (χ4v) is 4.24. The van der Waals surface area contributed by atoms with E-state index >= 15 is 0 Å². The number of anilines is 1. The van der Waals surface area contributed by atoms with Crippen molar-refractivity contribution in [2.75, 3.05) is 24.5 Å². The lowest BCUT2D eigenvalue weighted by atomic mass is 10.0. The Bertz CT molecular complexity index is 1040. The predicted molar refractivity (Wildman–Crippen MR) is 129 cm³/mol. The van der Waals surface area contributed by atoms with E-state index in [4.69, 9.17) is 4.52 Å². The minimum Gasteiger partial charge on any atom is -0.340 e. The number of aromatic nitrogens is 1. The van der Waals surface area contributed by atoms with E-state index < -0.39 is 0 Å². The van der Waals surface area contributed by atoms with Gasteiger partial charge < -0.3 is 14.3 Å². The van der Waals surface area contributed by atoms with Crippen LogP contribution in [0, 0.1) is 11.7 Å². The Morgan fingerprint density at radius 1 is 1.06 bits per heavy atom. The Hall–Kier alpha value is -3.15. The molecule has 1 amide bonds. The number of carbonyl (C=O) groups excluding carboxylic acids is 1. The smallest absolute Gasteiger partial charge is 0.254 e. The molecule has 1 aliphatic heterocycles. The molecule has 6 heteroatoms. The molecule has 5 nitrogen and oxygen atoms in total. The second-order valence-corrected chi connectivity index (χ2v) is 9.14. The Balaban J connectivity index is 1.70. The first-order valence-corrected chi connectivity index (χ1v) is 11.9. The molecule has 0 radical (unpaired) electrons. The third-order valence-electron chi connectivity index (χ3n) is 6.16. The maximum absolute atomic E-state index is 13.5. The van der Waals surface area contributed by atoms with Crippen LogP contribution in [0.5, 0.6) is 0 Å². The van der Waals surface area contributed by atoms with Gasteiger partial charge in [0.25, 0.3) is 5.91 Å². The van der Waals surface area contributed by atoms with Crippen LogP contribution in [0.2, 0.25) is 0 Å². The van der Waals surface area contributed by atoms with Crippen molar-refractivity contribution in [1.82, 2.24) is 10.1 Å². The lowest BCUT2D eigenvalue weighted by Gasteiger charge is -2.29. The van der Waals surface area contributed by atoms with Gasteiger partial charge in [-0.3, -0.25) is 4.79 Å². The van der Waals surface area contributed by atoms with Gasteiger partial charge in [0.1, 0.15) is 11.5 Å². The number of hydrogen-bond acceptors (Lipinski definition) is 4. The van der Waals surface area contributed by atoms with Crippen LogP contribution in [0.15, 0.2) is 59.1 Å². The molecule has 1 aromatic heterocycles. The molecule has 0 spiro atoms. The Morgan fingerprint density at radius 3 is 2.42 bits per heavy atom. The summed E-state index contributed by atoms with van der Waals surface area (Å²) in [6.45, 7) is 7.14. The van der Waals surface area contributed by atoms with Crippen molar-refractivity contribution in [2.24, 2.45) is 5.92 Å². The quantitative estimate of drug-likeness (QED) is 0.413. The highest BCUT2D eigenvalue weighted by molar-refractivity contribution is 5.94. The molecule has 3 aromatic rings. The molecule has 1 saturated heterocycles. The topological polar surface area (TPSA) is 49.6 Å². The van der Waals surface area contributed by atoms with Crippen LogP contribution in [0.3, 0.4) is 0 Å². The van der Waals surface area contributed by atoms with Crippen LogP contribution in [0.1, 0.15) is 55.5 Å². The zero-order chi connectivity index (χ0) is 23.2. The molecule has 1 fully saturated rings. The first kappa shape index (κ1) is 23.0. The van der Waals surface area contributed by atoms with Gasteiger partial charge in [0.05, 0.1) is 12.1 Å². The molecule has 2 aromatic carbocycles. The summed E-state index contributed by atoms with van der Waals surface area (Å²) >= 11 is 0. The molecule has 33 heavy (non-hydrogen) atoms. The normalized spacial score (nSPS) is 14.0. The lowest BCUT2D eigenvalue weighted by molar-refractivity contribution is 0.0735. The van der Waals surface area contributed by atoms with Crippen LogP contribution >= 0.6 is 0 Å². The Kier molecular flexibility index (Phi) is 7.43. The van der Waals surface area contributed by atoms with Crippen molar-refractivity contribution < 1.29 is 13.7 Å². The van der Waals surface area contributed by atoms with Crippen molar-refractivity contribution in [1.29, 1.82) is 0 Å². The summed E-state index contributed by atoms with van der Waals surface area (Å²) < 4.78 is 19.4. The van der Waals surface area contributed by atoms with Gasteiger partial charge in [-0.05, 0) is 55.9 Å². The van der Waals surface area contributed by atoms with Gasteiger partial charge in [-0.1, -0.05) is 49.3 Å². The van der Waals surface area contributed by atoms with Gasteiger partial charge in [-0.25, -0.2) is 4.39 Å². The predicted octanol–water partition coefficient (Wildman–Crippen LogP) is 6.16. The summed E-state index contributed by atoms with van der Waals surface area (Å²) in [5.41, 5.74) is 3.16. The van der Waals surface area contributed by atoms with Gasteiger partial charge in [-0.2, -0.15) is 0 Å². The lowest BCUT2D eigenvalue weighted by Crippen LogP contribution is -2.34. The van der Waals surface area contributed by atoms with Crippen LogP contribution in [0.25, 0.3) is 11.3 Å². The third kappa shape index (κ3) is 5.62. The number of hydrogen-bond donors (Lipinski definition) is 0. The van der Waals surface area contributed by atoms with Gasteiger partial charge >= 0.3 is 0 Å². The summed E-state index contributed by atoms with van der Waals surface area (Å²) in [6.07, 6.45) is 4.33. The van der Waals surface area contributed by atoms with Crippen molar-refractivity contribution in [3.63, 3.8) is 0 Å². The maximum atomic E-state index is 13.5. The number of benzene rings is 2. The van der Waals surface area contributed by atoms with Crippen molar-refractivity contribution >= 4 is 11.8 Å². The van der Waals surface area contributed by atoms with Crippen LogP contribution < -0.4 is 4.90 Å². The highest BCUT2D eigenvalue weighted by atomic mass is 19.1. The molecule has 1 aliphatic rings. The monoisotopic (exact) mass is 449 g/mol. The molecule has 4 rings (SSSR count). The summed E-state index contributed by atoms with van der Waals surface area (Å²) in [7, 11) is 0. The fourth-order valence-electron chi connectivity index (χ4n) is 4.24. The van der Waals surface area contributed by atoms with Crippen molar-refractivity contribution in [2.45, 2.75) is 46.1 Å². The molecule has 0 unspecified atom stereocenters. The molecular weight excluding hydrogens is 417 g/mol. The van der Waals surface area contributed by atoms with E-state index in [1.54, 1.807) is 12.1 Å². The summed E-state index contributed by atoms with van der Waals surface area (Å²) in [5, 5.41) is 4.45. The first-order valence-electron chi connectivity index (χ1n) is 11.9. The van der Waals surface area contributed by atoms with Gasteiger partial charge in [0.15, 0.2) is 0 Å². The molecule has 174 valence electrons. The SMILES string of the molecule is CC(C)CCN(Cc1c(-c2ccccc2)noc1N1CCCCC1)C(=O)c1ccc(F)cc1. The average molecular weight is 450 g/mol. The molecule has 0 saturated carbocycles. The van der Waals surface area contributed by atoms with E-state index in [0.717, 1.165) is 55.1 Å². The maximum Gasteiger partial charge on any atom is 0.254 e. The zero-order valence-corrected chi connectivity index (χ0v) is 19.5. The highest BCUT2D eigenvalue weighted by Gasteiger charge is 2.27. The van der Waals surface area contributed by atoms with E-state index in [9.17, 15) is 9.18 Å². The number of halogens is 1. The van der Waals surface area contributed by atoms with Gasteiger partial charge in [0.2, 0.25) is 5.88 Å². The Labute approximate surface area is 195 Å². The van der Waals surface area contributed by atoms with E-state index in [1.807, 2.05) is 35.2 Å². The Morgan fingerprint density at radius 2 is 1.76 bits per heavy atom. The molecule has 0 aliphatic carbocycles. The van der Waals surface area contributed by atoms with Crippen molar-refractivity contribution in [3.05, 3.63) is 71.5 Å². The molecule has 0 N–H and O–H groups in total. The molecular formula is C27H32FN3O2. The summed E-state index contributed by atoms with van der Waals surface area (Å²) in [5.74, 6) is 0.750. The minimum absolute atomic E-state index is 0.111. The average Bonchev–Trinajstić information content (AvgIpc) is 3.26. The number of nitrogens with zero attached hydrogens (tertiary/aromatic N) is 3. The van der Waals surface area contributed by atoms with Crippen LogP contribution in [-0.2, 0) is 6.54 Å². The minimum atomic E-state index is -0.349. The van der Waals surface area contributed by atoms with Gasteiger partial charge in [0, 0.05) is 30.8 Å². The third-order valence-corrected chi connectivity index (χ3v) is 6.16. The fraction of sp³-hybridized carbons (Fsp3) is 0.407. The van der Waals surface area contributed by atoms with Gasteiger partial charge in [-0.15, -0.1) is 0 Å². The second-order valence-electron chi connectivity index (χ2n) is 9.14. The van der Waals surface area contributed by atoms with Crippen molar-refractivity contribution in [3.8, 4) is 11.3 Å². The number of piperidine rings is 1. The number of carbonyl (C=O) groups is 1. The van der Waals surface area contributed by atoms with Crippen LogP contribution in [-0.4, -0.2) is 35.6 Å². The molecule has 2 heterocycles. The summed E-state index contributed by atoms with van der Waals surface area (Å²) in [4.78, 5) is 17.6. The van der Waals surface area contributed by atoms with E-state index in [-0.39, 0.29) is 11.7 Å². The molecule has 0 atom stereocenters. The number of rotatable bonds is 8. The second kappa shape index (κ2) is 10.6. The molecule has 0 bridgehead atoms. The van der Waals surface area contributed by atoms with E-state index in [0.29, 0.717) is 24.6 Å². The van der Waals surface area contributed by atoms with Crippen LogP contribution in [0.4, 0.5) is 10.3 Å². The zero-order valence-electron chi connectivity index (χ0n) is 19.5. The van der Waals surface area contributed by atoms with E-state index in [1.165, 1.54) is 18.6 Å². The largest absolute Gasteiger partial charge is 0.340 e. The first-order chi connectivity index (χ1) is 16.0. The van der Waals surface area contributed by atoms with E-state index in [2.05, 4.69) is 23.9 Å². The highest BCUT2D eigenvalue weighted by Crippen LogP contribution is 2.34. The standard InChI is InChI=1S/C27H32FN3O2/c1-20(2)15-18-31(26(32)22-11-13-23(28)14-12-22)19-24-25(21-9-5-3-6-10-21)29-33-27(24)30-16-7-4-8-17-30/h3,5-6,9-14,20H,4,7-8,15-19H2,1-2H3. The summed E-state index contributed by atoms with van der Waals surface area (Å²) in [6, 6.07) is 15.7. The number of amides is 1.